The quantitative estimate of drug-likeness (QED) is 0.601. The predicted molar refractivity (Wildman–Crippen MR) is 130 cm³/mol. The van der Waals surface area contributed by atoms with Crippen LogP contribution in [0.15, 0.2) is 30.3 Å². The molecule has 0 saturated heterocycles. The molecular weight excluding hydrogens is 414 g/mol. The number of urea groups is 1. The molecule has 5 rings (SSSR count). The number of fused-ring (bicyclic) bond motifs is 1. The number of anilines is 2. The third-order valence-electron chi connectivity index (χ3n) is 7.68. The summed E-state index contributed by atoms with van der Waals surface area (Å²) < 4.78 is 5.43. The minimum atomic E-state index is -0.861. The summed E-state index contributed by atoms with van der Waals surface area (Å²) in [5.41, 5.74) is 5.38. The van der Waals surface area contributed by atoms with Crippen LogP contribution in [0.5, 0.6) is 5.75 Å². The van der Waals surface area contributed by atoms with Gasteiger partial charge in [0.2, 0.25) is 5.91 Å². The molecule has 0 unspecified atom stereocenters. The molecule has 3 amide bonds. The zero-order valence-corrected chi connectivity index (χ0v) is 19.8. The number of carbonyl (C=O) groups is 2. The Morgan fingerprint density at radius 3 is 2.52 bits per heavy atom. The molecular formula is C27H33N3O3. The SMILES string of the molecule is COc1cc(NC(=O)C2(N3Cc4c(C)ccc(C5CC5)c4NC3=O)CCCCC2)ccc1C. The summed E-state index contributed by atoms with van der Waals surface area (Å²) >= 11 is 0. The molecule has 2 aromatic carbocycles. The van der Waals surface area contributed by atoms with Gasteiger partial charge >= 0.3 is 6.03 Å². The maximum Gasteiger partial charge on any atom is 0.323 e. The van der Waals surface area contributed by atoms with Gasteiger partial charge < -0.3 is 20.3 Å². The fourth-order valence-electron chi connectivity index (χ4n) is 5.51. The summed E-state index contributed by atoms with van der Waals surface area (Å²) in [7, 11) is 1.63. The molecule has 0 aromatic heterocycles. The second kappa shape index (κ2) is 8.40. The second-order valence-electron chi connectivity index (χ2n) is 9.85. The van der Waals surface area contributed by atoms with Crippen LogP contribution in [-0.4, -0.2) is 29.5 Å². The smallest absolute Gasteiger partial charge is 0.323 e. The highest BCUT2D eigenvalue weighted by Crippen LogP contribution is 2.47. The molecule has 33 heavy (non-hydrogen) atoms. The van der Waals surface area contributed by atoms with Crippen LogP contribution in [0.1, 0.15) is 73.1 Å². The summed E-state index contributed by atoms with van der Waals surface area (Å²) in [6.45, 7) is 4.54. The van der Waals surface area contributed by atoms with Crippen molar-refractivity contribution >= 4 is 23.3 Å². The number of nitrogens with one attached hydrogen (secondary N) is 2. The van der Waals surface area contributed by atoms with Gasteiger partial charge in [-0.15, -0.1) is 0 Å². The first kappa shape index (κ1) is 21.8. The van der Waals surface area contributed by atoms with Gasteiger partial charge in [0.05, 0.1) is 19.3 Å². The van der Waals surface area contributed by atoms with Gasteiger partial charge in [-0.3, -0.25) is 4.79 Å². The highest BCUT2D eigenvalue weighted by molar-refractivity contribution is 6.03. The first-order chi connectivity index (χ1) is 15.9. The molecule has 0 atom stereocenters. The number of carbonyl (C=O) groups excluding carboxylic acids is 2. The number of ether oxygens (including phenoxy) is 1. The Kier molecular flexibility index (Phi) is 5.55. The molecule has 2 saturated carbocycles. The lowest BCUT2D eigenvalue weighted by molar-refractivity contribution is -0.128. The predicted octanol–water partition coefficient (Wildman–Crippen LogP) is 5.88. The molecule has 6 nitrogen and oxygen atoms in total. The molecule has 3 aliphatic rings. The average Bonchev–Trinajstić information content (AvgIpc) is 3.66. The van der Waals surface area contributed by atoms with Crippen molar-refractivity contribution in [2.75, 3.05) is 17.7 Å². The normalized spacial score (nSPS) is 19.5. The fourth-order valence-corrected chi connectivity index (χ4v) is 5.51. The molecule has 2 N–H and O–H groups in total. The lowest BCUT2D eigenvalue weighted by atomic mass is 9.78. The number of amides is 3. The van der Waals surface area contributed by atoms with Crippen molar-refractivity contribution in [1.29, 1.82) is 0 Å². The molecule has 0 radical (unpaired) electrons. The van der Waals surface area contributed by atoms with E-state index in [1.165, 1.54) is 18.4 Å². The number of benzene rings is 2. The number of aryl methyl sites for hydroxylation is 2. The zero-order valence-electron chi connectivity index (χ0n) is 19.8. The number of rotatable bonds is 5. The van der Waals surface area contributed by atoms with E-state index in [2.05, 4.69) is 29.7 Å². The minimum Gasteiger partial charge on any atom is -0.496 e. The highest BCUT2D eigenvalue weighted by Gasteiger charge is 2.49. The standard InChI is InChI=1S/C27H33N3O3/c1-17-8-12-21(19-9-10-19)24-22(17)16-30(26(32)29-24)27(13-5-4-6-14-27)25(31)28-20-11-7-18(2)23(15-20)33-3/h7-8,11-12,15,19H,4-6,9-10,13-14,16H2,1-3H3,(H,28,31)(H,29,32). The Balaban J connectivity index is 1.48. The van der Waals surface area contributed by atoms with E-state index in [0.717, 1.165) is 47.4 Å². The van der Waals surface area contributed by atoms with Crippen LogP contribution in [0.3, 0.4) is 0 Å². The molecule has 2 aromatic rings. The van der Waals surface area contributed by atoms with Crippen LogP contribution < -0.4 is 15.4 Å². The van der Waals surface area contributed by atoms with Crippen molar-refractivity contribution in [2.45, 2.75) is 76.8 Å². The van der Waals surface area contributed by atoms with E-state index in [1.807, 2.05) is 25.1 Å². The summed E-state index contributed by atoms with van der Waals surface area (Å²) in [6, 6.07) is 9.85. The Hall–Kier alpha value is -3.02. The fraction of sp³-hybridized carbons (Fsp3) is 0.481. The Labute approximate surface area is 195 Å². The third kappa shape index (κ3) is 3.85. The first-order valence-corrected chi connectivity index (χ1v) is 12.1. The third-order valence-corrected chi connectivity index (χ3v) is 7.68. The highest BCUT2D eigenvalue weighted by atomic mass is 16.5. The van der Waals surface area contributed by atoms with Crippen molar-refractivity contribution in [2.24, 2.45) is 0 Å². The van der Waals surface area contributed by atoms with Crippen molar-refractivity contribution in [3.8, 4) is 5.75 Å². The van der Waals surface area contributed by atoms with E-state index >= 15 is 0 Å². The van der Waals surface area contributed by atoms with Gasteiger partial charge in [0.15, 0.2) is 0 Å². The van der Waals surface area contributed by atoms with Gasteiger partial charge in [-0.1, -0.05) is 37.5 Å². The largest absolute Gasteiger partial charge is 0.496 e. The van der Waals surface area contributed by atoms with Crippen molar-refractivity contribution < 1.29 is 14.3 Å². The van der Waals surface area contributed by atoms with Crippen LogP contribution in [0.4, 0.5) is 16.2 Å². The van der Waals surface area contributed by atoms with Gasteiger partial charge in [0.1, 0.15) is 11.3 Å². The van der Waals surface area contributed by atoms with Crippen LogP contribution in [-0.2, 0) is 11.3 Å². The van der Waals surface area contributed by atoms with Crippen molar-refractivity contribution in [1.82, 2.24) is 4.90 Å². The summed E-state index contributed by atoms with van der Waals surface area (Å²) in [4.78, 5) is 29.1. The first-order valence-electron chi connectivity index (χ1n) is 12.1. The summed E-state index contributed by atoms with van der Waals surface area (Å²) in [5, 5.41) is 6.30. The average molecular weight is 448 g/mol. The summed E-state index contributed by atoms with van der Waals surface area (Å²) in [6.07, 6.45) is 6.66. The molecule has 1 heterocycles. The van der Waals surface area contributed by atoms with E-state index in [4.69, 9.17) is 4.74 Å². The minimum absolute atomic E-state index is 0.109. The molecule has 0 bridgehead atoms. The van der Waals surface area contributed by atoms with Crippen LogP contribution in [0.2, 0.25) is 0 Å². The molecule has 6 heteroatoms. The Bertz CT molecular complexity index is 1100. The number of hydrogen-bond acceptors (Lipinski definition) is 3. The van der Waals surface area contributed by atoms with E-state index in [0.29, 0.717) is 31.0 Å². The van der Waals surface area contributed by atoms with E-state index in [9.17, 15) is 9.59 Å². The number of methoxy groups -OCH3 is 1. The molecule has 0 spiro atoms. The van der Waals surface area contributed by atoms with Gasteiger partial charge in [0.25, 0.3) is 0 Å². The maximum atomic E-state index is 13.8. The van der Waals surface area contributed by atoms with E-state index in [1.54, 1.807) is 12.0 Å². The van der Waals surface area contributed by atoms with Crippen molar-refractivity contribution in [3.63, 3.8) is 0 Å². The van der Waals surface area contributed by atoms with E-state index in [-0.39, 0.29) is 11.9 Å². The lowest BCUT2D eigenvalue weighted by Crippen LogP contribution is -2.61. The number of hydrogen-bond donors (Lipinski definition) is 2. The zero-order chi connectivity index (χ0) is 23.2. The van der Waals surface area contributed by atoms with Gasteiger partial charge in [-0.2, -0.15) is 0 Å². The molecule has 2 aliphatic carbocycles. The van der Waals surface area contributed by atoms with E-state index < -0.39 is 5.54 Å². The van der Waals surface area contributed by atoms with Crippen LogP contribution >= 0.6 is 0 Å². The Morgan fingerprint density at radius 2 is 1.82 bits per heavy atom. The maximum absolute atomic E-state index is 13.8. The topological polar surface area (TPSA) is 70.7 Å². The Morgan fingerprint density at radius 1 is 1.09 bits per heavy atom. The monoisotopic (exact) mass is 447 g/mol. The number of nitrogens with zero attached hydrogens (tertiary/aromatic N) is 1. The van der Waals surface area contributed by atoms with Crippen molar-refractivity contribution in [3.05, 3.63) is 52.6 Å². The van der Waals surface area contributed by atoms with Crippen LogP contribution in [0.25, 0.3) is 0 Å². The van der Waals surface area contributed by atoms with Gasteiger partial charge in [0, 0.05) is 11.8 Å². The van der Waals surface area contributed by atoms with Gasteiger partial charge in [-0.25, -0.2) is 4.79 Å². The van der Waals surface area contributed by atoms with Gasteiger partial charge in [-0.05, 0) is 73.8 Å². The molecule has 174 valence electrons. The lowest BCUT2D eigenvalue weighted by Gasteiger charge is -2.47. The van der Waals surface area contributed by atoms with Crippen LogP contribution in [0, 0.1) is 13.8 Å². The summed E-state index contributed by atoms with van der Waals surface area (Å²) in [5.74, 6) is 1.18. The molecule has 2 fully saturated rings. The second-order valence-corrected chi connectivity index (χ2v) is 9.85. The molecule has 1 aliphatic heterocycles.